The van der Waals surface area contributed by atoms with Gasteiger partial charge in [-0.05, 0) is 76.2 Å². The van der Waals surface area contributed by atoms with Gasteiger partial charge in [-0.15, -0.1) is 0 Å². The van der Waals surface area contributed by atoms with E-state index < -0.39 is 0 Å². The van der Waals surface area contributed by atoms with Gasteiger partial charge in [0.2, 0.25) is 11.8 Å². The van der Waals surface area contributed by atoms with E-state index in [1.807, 2.05) is 42.5 Å². The number of hydrogen-bond acceptors (Lipinski definition) is 3. The number of nitrogens with zero attached hydrogens (tertiary/aromatic N) is 1. The number of nitrogens with one attached hydrogen (secondary N) is 2. The molecule has 2 aliphatic rings. The number of amides is 2. The fourth-order valence-corrected chi connectivity index (χ4v) is 6.92. The summed E-state index contributed by atoms with van der Waals surface area (Å²) in [5.74, 6) is 0.995. The normalized spacial score (nSPS) is 19.7. The SMILES string of the molecule is O=C(/C=C/c1ccc(I)cc1)NC[C@@H]1CCN(CC(c2ccccc2)c2ccccc2)C(=O)[C@H](CCCC2CCCC2)N1. The Morgan fingerprint density at radius 3 is 2.21 bits per heavy atom. The molecular weight excluding hydrogens is 645 g/mol. The van der Waals surface area contributed by atoms with E-state index in [1.54, 1.807) is 6.08 Å². The van der Waals surface area contributed by atoms with Crippen molar-refractivity contribution in [1.82, 2.24) is 15.5 Å². The molecule has 2 N–H and O–H groups in total. The maximum atomic E-state index is 14.1. The molecule has 0 spiro atoms. The predicted octanol–water partition coefficient (Wildman–Crippen LogP) is 7.17. The molecule has 43 heavy (non-hydrogen) atoms. The van der Waals surface area contributed by atoms with Crippen LogP contribution in [0.2, 0.25) is 0 Å². The van der Waals surface area contributed by atoms with Gasteiger partial charge >= 0.3 is 0 Å². The first-order valence-electron chi connectivity index (χ1n) is 15.9. The fraction of sp³-hybridized carbons (Fsp3) is 0.405. The Morgan fingerprint density at radius 2 is 1.56 bits per heavy atom. The topological polar surface area (TPSA) is 61.4 Å². The first-order valence-corrected chi connectivity index (χ1v) is 17.0. The van der Waals surface area contributed by atoms with E-state index in [0.717, 1.165) is 30.7 Å². The Labute approximate surface area is 270 Å². The van der Waals surface area contributed by atoms with Crippen molar-refractivity contribution in [3.63, 3.8) is 0 Å². The summed E-state index contributed by atoms with van der Waals surface area (Å²) in [7, 11) is 0. The highest BCUT2D eigenvalue weighted by atomic mass is 127. The largest absolute Gasteiger partial charge is 0.351 e. The first-order chi connectivity index (χ1) is 21.0. The van der Waals surface area contributed by atoms with Gasteiger partial charge in [0.15, 0.2) is 0 Å². The summed E-state index contributed by atoms with van der Waals surface area (Å²) in [6, 6.07) is 28.9. The van der Waals surface area contributed by atoms with Crippen LogP contribution in [-0.4, -0.2) is 48.4 Å². The molecule has 0 aromatic heterocycles. The summed E-state index contributed by atoms with van der Waals surface area (Å²) in [4.78, 5) is 28.9. The molecule has 2 fully saturated rings. The molecule has 226 valence electrons. The Balaban J connectivity index is 1.26. The van der Waals surface area contributed by atoms with Gasteiger partial charge in [-0.25, -0.2) is 0 Å². The van der Waals surface area contributed by atoms with Crippen LogP contribution in [0.5, 0.6) is 0 Å². The summed E-state index contributed by atoms with van der Waals surface area (Å²) < 4.78 is 1.17. The molecule has 0 bridgehead atoms. The van der Waals surface area contributed by atoms with Crippen molar-refractivity contribution in [2.24, 2.45) is 5.92 Å². The molecule has 3 aromatic rings. The van der Waals surface area contributed by atoms with Gasteiger partial charge in [-0.3, -0.25) is 9.59 Å². The molecule has 1 saturated heterocycles. The number of carbonyl (C=O) groups is 2. The zero-order valence-corrected chi connectivity index (χ0v) is 27.1. The number of benzene rings is 3. The van der Waals surface area contributed by atoms with Gasteiger partial charge < -0.3 is 15.5 Å². The summed E-state index contributed by atoms with van der Waals surface area (Å²) in [5, 5.41) is 6.76. The van der Waals surface area contributed by atoms with Gasteiger partial charge in [-0.2, -0.15) is 0 Å². The Morgan fingerprint density at radius 1 is 0.907 bits per heavy atom. The molecule has 1 aliphatic heterocycles. The molecule has 3 aromatic carbocycles. The smallest absolute Gasteiger partial charge is 0.244 e. The van der Waals surface area contributed by atoms with Gasteiger partial charge in [0.25, 0.3) is 0 Å². The summed E-state index contributed by atoms with van der Waals surface area (Å²) in [5.41, 5.74) is 3.44. The molecule has 0 radical (unpaired) electrons. The van der Waals surface area contributed by atoms with Gasteiger partial charge in [0, 0.05) is 41.2 Å². The summed E-state index contributed by atoms with van der Waals surface area (Å²) >= 11 is 2.28. The Bertz CT molecular complexity index is 1280. The second-order valence-electron chi connectivity index (χ2n) is 12.1. The molecule has 5 rings (SSSR count). The van der Waals surface area contributed by atoms with Crippen molar-refractivity contribution in [2.45, 2.75) is 69.4 Å². The van der Waals surface area contributed by atoms with Crippen LogP contribution in [0, 0.1) is 9.49 Å². The van der Waals surface area contributed by atoms with E-state index in [2.05, 4.69) is 86.7 Å². The molecule has 0 unspecified atom stereocenters. The van der Waals surface area contributed by atoms with Crippen LogP contribution in [0.15, 0.2) is 91.0 Å². The van der Waals surface area contributed by atoms with E-state index in [0.29, 0.717) is 19.6 Å². The monoisotopic (exact) mass is 689 g/mol. The number of carbonyl (C=O) groups excluding carboxylic acids is 2. The van der Waals surface area contributed by atoms with E-state index in [1.165, 1.54) is 46.8 Å². The highest BCUT2D eigenvalue weighted by Crippen LogP contribution is 2.30. The van der Waals surface area contributed by atoms with Crippen molar-refractivity contribution in [1.29, 1.82) is 0 Å². The first kappa shape index (κ1) is 31.5. The quantitative estimate of drug-likeness (QED) is 0.157. The summed E-state index contributed by atoms with van der Waals surface area (Å²) in [6.07, 6.45) is 12.7. The average Bonchev–Trinajstić information content (AvgIpc) is 3.51. The maximum absolute atomic E-state index is 14.1. The fourth-order valence-electron chi connectivity index (χ4n) is 6.56. The van der Waals surface area contributed by atoms with Gasteiger partial charge in [0.05, 0.1) is 6.04 Å². The average molecular weight is 690 g/mol. The van der Waals surface area contributed by atoms with Crippen LogP contribution in [0.3, 0.4) is 0 Å². The minimum Gasteiger partial charge on any atom is -0.351 e. The summed E-state index contributed by atoms with van der Waals surface area (Å²) in [6.45, 7) is 1.81. The lowest BCUT2D eigenvalue weighted by atomic mass is 9.90. The standard InChI is InChI=1S/C37H44IN3O2/c38-32-21-18-29(19-22-32)20-23-36(42)39-26-33-24-25-41(37(43)35(40-33)17-9-12-28-10-7-8-11-28)27-34(30-13-3-1-4-14-30)31-15-5-2-6-16-31/h1-6,13-16,18-23,28,33-35,40H,7-12,17,24-27H2,(H,39,42)/b23-20+/t33-,35-/m0/s1. The third-order valence-corrected chi connectivity index (χ3v) is 9.72. The van der Waals surface area contributed by atoms with Crippen LogP contribution < -0.4 is 10.6 Å². The number of rotatable bonds is 12. The van der Waals surface area contributed by atoms with Crippen LogP contribution in [0.25, 0.3) is 6.08 Å². The molecule has 1 heterocycles. The lowest BCUT2D eigenvalue weighted by Gasteiger charge is -2.29. The second kappa shape index (κ2) is 16.2. The lowest BCUT2D eigenvalue weighted by Crippen LogP contribution is -2.49. The molecule has 6 heteroatoms. The van der Waals surface area contributed by atoms with Crippen LogP contribution in [0.4, 0.5) is 0 Å². The van der Waals surface area contributed by atoms with E-state index in [9.17, 15) is 9.59 Å². The van der Waals surface area contributed by atoms with E-state index in [-0.39, 0.29) is 29.8 Å². The lowest BCUT2D eigenvalue weighted by molar-refractivity contribution is -0.133. The zero-order valence-electron chi connectivity index (χ0n) is 25.0. The molecule has 2 atom stereocenters. The van der Waals surface area contributed by atoms with Crippen LogP contribution in [0.1, 0.15) is 74.0 Å². The van der Waals surface area contributed by atoms with E-state index in [4.69, 9.17) is 0 Å². The van der Waals surface area contributed by atoms with Gasteiger partial charge in [-0.1, -0.05) is 111 Å². The Kier molecular flexibility index (Phi) is 11.9. The molecule has 5 nitrogen and oxygen atoms in total. The minimum atomic E-state index is -0.236. The maximum Gasteiger partial charge on any atom is 0.244 e. The van der Waals surface area contributed by atoms with Gasteiger partial charge in [0.1, 0.15) is 0 Å². The highest BCUT2D eigenvalue weighted by Gasteiger charge is 2.32. The second-order valence-corrected chi connectivity index (χ2v) is 13.3. The number of halogens is 1. The van der Waals surface area contributed by atoms with Crippen molar-refractivity contribution >= 4 is 40.5 Å². The zero-order chi connectivity index (χ0) is 29.9. The predicted molar refractivity (Wildman–Crippen MR) is 184 cm³/mol. The molecule has 2 amide bonds. The Hall–Kier alpha value is -2.97. The van der Waals surface area contributed by atoms with Crippen molar-refractivity contribution in [2.75, 3.05) is 19.6 Å². The third kappa shape index (κ3) is 9.51. The molecule has 1 aliphatic carbocycles. The molecule has 1 saturated carbocycles. The van der Waals surface area contributed by atoms with Crippen LogP contribution >= 0.6 is 22.6 Å². The van der Waals surface area contributed by atoms with Crippen molar-refractivity contribution in [3.05, 3.63) is 111 Å². The minimum absolute atomic E-state index is 0.0352. The van der Waals surface area contributed by atoms with Crippen LogP contribution in [-0.2, 0) is 9.59 Å². The molecular formula is C37H44IN3O2. The van der Waals surface area contributed by atoms with Crippen molar-refractivity contribution < 1.29 is 9.59 Å². The van der Waals surface area contributed by atoms with Crippen molar-refractivity contribution in [3.8, 4) is 0 Å². The van der Waals surface area contributed by atoms with E-state index >= 15 is 0 Å². The highest BCUT2D eigenvalue weighted by molar-refractivity contribution is 14.1. The number of hydrogen-bond donors (Lipinski definition) is 2. The third-order valence-electron chi connectivity index (χ3n) is 9.00.